The molecule has 0 spiro atoms. The standard InChI is InChI=1S/C31H38N6O2/c1-4-35(5-2)16-17-36-13-12-24(22-36)23-6-11-27-28(20-23)29(31(39)33-30(27)38)21-32-25-7-9-26(10-8-25)37-18-14-34(3)15-19-37/h6-13,20-22,32H,4-5,14-19H2,1-3H3,(H,33,38,39). The molecule has 2 aliphatic heterocycles. The van der Waals surface area contributed by atoms with Crippen LogP contribution in [0.4, 0.5) is 11.4 Å². The predicted octanol–water partition coefficient (Wildman–Crippen LogP) is 3.97. The van der Waals surface area contributed by atoms with Gasteiger partial charge in [-0.25, -0.2) is 0 Å². The first kappa shape index (κ1) is 26.7. The summed E-state index contributed by atoms with van der Waals surface area (Å²) < 4.78 is 2.19. The van der Waals surface area contributed by atoms with Gasteiger partial charge in [0.05, 0.1) is 5.57 Å². The van der Waals surface area contributed by atoms with E-state index in [9.17, 15) is 9.59 Å². The Labute approximate surface area is 230 Å². The van der Waals surface area contributed by atoms with Crippen LogP contribution in [0.1, 0.15) is 29.8 Å². The molecule has 204 valence electrons. The molecule has 0 saturated carbocycles. The van der Waals surface area contributed by atoms with Gasteiger partial charge < -0.3 is 24.6 Å². The van der Waals surface area contributed by atoms with Gasteiger partial charge in [-0.05, 0) is 73.7 Å². The number of nitrogens with one attached hydrogen (secondary N) is 2. The predicted molar refractivity (Wildman–Crippen MR) is 158 cm³/mol. The lowest BCUT2D eigenvalue weighted by Gasteiger charge is -2.34. The number of rotatable bonds is 9. The van der Waals surface area contributed by atoms with E-state index < -0.39 is 5.91 Å². The van der Waals surface area contributed by atoms with Gasteiger partial charge in [0.15, 0.2) is 0 Å². The third kappa shape index (κ3) is 6.08. The first-order chi connectivity index (χ1) is 18.9. The van der Waals surface area contributed by atoms with Crippen molar-refractivity contribution in [3.63, 3.8) is 0 Å². The summed E-state index contributed by atoms with van der Waals surface area (Å²) in [4.78, 5) is 32.6. The summed E-state index contributed by atoms with van der Waals surface area (Å²) in [5.41, 5.74) is 5.68. The molecule has 0 atom stereocenters. The zero-order valence-corrected chi connectivity index (χ0v) is 23.1. The summed E-state index contributed by atoms with van der Waals surface area (Å²) in [5, 5.41) is 5.74. The summed E-state index contributed by atoms with van der Waals surface area (Å²) >= 11 is 0. The molecule has 2 amide bonds. The maximum Gasteiger partial charge on any atom is 0.260 e. The highest BCUT2D eigenvalue weighted by Gasteiger charge is 2.27. The van der Waals surface area contributed by atoms with Crippen molar-refractivity contribution in [2.45, 2.75) is 20.4 Å². The quantitative estimate of drug-likeness (QED) is 0.325. The fraction of sp³-hybridized carbons (Fsp3) is 0.355. The number of imide groups is 1. The molecule has 8 heteroatoms. The maximum atomic E-state index is 12.9. The molecule has 2 N–H and O–H groups in total. The minimum Gasteiger partial charge on any atom is -0.369 e. The number of piperazine rings is 1. The molecule has 0 aliphatic carbocycles. The molecule has 0 unspecified atom stereocenters. The summed E-state index contributed by atoms with van der Waals surface area (Å²) in [6.45, 7) is 12.5. The third-order valence-corrected chi connectivity index (χ3v) is 7.80. The van der Waals surface area contributed by atoms with E-state index in [-0.39, 0.29) is 5.91 Å². The largest absolute Gasteiger partial charge is 0.369 e. The van der Waals surface area contributed by atoms with E-state index in [4.69, 9.17) is 0 Å². The molecule has 5 rings (SSSR count). The number of hydrogen-bond acceptors (Lipinski definition) is 6. The molecule has 1 fully saturated rings. The third-order valence-electron chi connectivity index (χ3n) is 7.80. The fourth-order valence-electron chi connectivity index (χ4n) is 5.18. The van der Waals surface area contributed by atoms with Crippen molar-refractivity contribution in [1.82, 2.24) is 19.7 Å². The average molecular weight is 527 g/mol. The Balaban J connectivity index is 1.34. The average Bonchev–Trinajstić information content (AvgIpc) is 3.43. The number of nitrogens with zero attached hydrogens (tertiary/aromatic N) is 4. The Morgan fingerprint density at radius 2 is 1.64 bits per heavy atom. The Morgan fingerprint density at radius 1 is 0.897 bits per heavy atom. The van der Waals surface area contributed by atoms with Crippen LogP contribution < -0.4 is 15.5 Å². The topological polar surface area (TPSA) is 72.8 Å². The second-order valence-corrected chi connectivity index (χ2v) is 10.2. The molecule has 39 heavy (non-hydrogen) atoms. The minimum atomic E-state index is -0.400. The lowest BCUT2D eigenvalue weighted by molar-refractivity contribution is -0.114. The molecule has 2 aliphatic rings. The van der Waals surface area contributed by atoms with Gasteiger partial charge in [0.2, 0.25) is 0 Å². The van der Waals surface area contributed by atoms with Gasteiger partial charge in [-0.1, -0.05) is 19.9 Å². The molecule has 3 aromatic rings. The van der Waals surface area contributed by atoms with Crippen LogP contribution in [0.2, 0.25) is 0 Å². The number of hydrogen-bond donors (Lipinski definition) is 2. The van der Waals surface area contributed by atoms with Gasteiger partial charge in [-0.2, -0.15) is 0 Å². The zero-order valence-electron chi connectivity index (χ0n) is 23.1. The molecule has 1 saturated heterocycles. The van der Waals surface area contributed by atoms with Crippen molar-refractivity contribution in [2.75, 3.05) is 63.1 Å². The maximum absolute atomic E-state index is 12.9. The highest BCUT2D eigenvalue weighted by Crippen LogP contribution is 2.30. The molecular weight excluding hydrogens is 488 g/mol. The van der Waals surface area contributed by atoms with Crippen molar-refractivity contribution in [1.29, 1.82) is 0 Å². The van der Waals surface area contributed by atoms with Gasteiger partial charge in [0.1, 0.15) is 0 Å². The summed E-state index contributed by atoms with van der Waals surface area (Å²) in [5.74, 6) is -0.768. The second kappa shape index (κ2) is 11.9. The van der Waals surface area contributed by atoms with E-state index in [2.05, 4.69) is 81.4 Å². The number of likely N-dealkylation sites (N-methyl/N-ethyl adjacent to an activating group) is 2. The van der Waals surface area contributed by atoms with Crippen LogP contribution in [-0.2, 0) is 11.3 Å². The van der Waals surface area contributed by atoms with Crippen LogP contribution in [0.25, 0.3) is 16.7 Å². The first-order valence-electron chi connectivity index (χ1n) is 13.8. The first-order valence-corrected chi connectivity index (χ1v) is 13.8. The minimum absolute atomic E-state index is 0.368. The smallest absolute Gasteiger partial charge is 0.260 e. The summed E-state index contributed by atoms with van der Waals surface area (Å²) in [6, 6.07) is 16.0. The number of carbonyl (C=O) groups is 2. The van der Waals surface area contributed by atoms with Gasteiger partial charge in [0, 0.05) is 80.4 Å². The highest BCUT2D eigenvalue weighted by atomic mass is 16.2. The normalized spacial score (nSPS) is 17.0. The molecule has 3 heterocycles. The van der Waals surface area contributed by atoms with E-state index in [1.165, 1.54) is 5.69 Å². The van der Waals surface area contributed by atoms with Gasteiger partial charge in [-0.15, -0.1) is 0 Å². The molecule has 1 aromatic heterocycles. The van der Waals surface area contributed by atoms with Crippen LogP contribution >= 0.6 is 0 Å². The Kier molecular flexibility index (Phi) is 8.14. The second-order valence-electron chi connectivity index (χ2n) is 10.2. The summed E-state index contributed by atoms with van der Waals surface area (Å²) in [6.07, 6.45) is 5.91. The van der Waals surface area contributed by atoms with Gasteiger partial charge in [0.25, 0.3) is 11.8 Å². The van der Waals surface area contributed by atoms with Gasteiger partial charge in [-0.3, -0.25) is 14.9 Å². The monoisotopic (exact) mass is 526 g/mol. The number of carbonyl (C=O) groups excluding carboxylic acids is 2. The number of aromatic nitrogens is 1. The van der Waals surface area contributed by atoms with Crippen molar-refractivity contribution in [2.24, 2.45) is 0 Å². The highest BCUT2D eigenvalue weighted by molar-refractivity contribution is 6.31. The van der Waals surface area contributed by atoms with Crippen molar-refractivity contribution in [3.05, 3.63) is 78.3 Å². The zero-order chi connectivity index (χ0) is 27.4. The van der Waals surface area contributed by atoms with Crippen LogP contribution in [-0.4, -0.2) is 79.0 Å². The van der Waals surface area contributed by atoms with Crippen LogP contribution in [0.15, 0.2) is 67.1 Å². The van der Waals surface area contributed by atoms with E-state index in [0.717, 1.165) is 69.2 Å². The number of benzene rings is 2. The van der Waals surface area contributed by atoms with E-state index in [0.29, 0.717) is 16.7 Å². The lowest BCUT2D eigenvalue weighted by atomic mass is 9.92. The van der Waals surface area contributed by atoms with E-state index in [1.807, 2.05) is 24.3 Å². The summed E-state index contributed by atoms with van der Waals surface area (Å²) in [7, 11) is 2.15. The van der Waals surface area contributed by atoms with Crippen LogP contribution in [0.3, 0.4) is 0 Å². The Hall–Kier alpha value is -3.88. The number of fused-ring (bicyclic) bond motifs is 1. The lowest BCUT2D eigenvalue weighted by Crippen LogP contribution is -2.44. The molecular formula is C31H38N6O2. The van der Waals surface area contributed by atoms with Crippen molar-refractivity contribution >= 4 is 28.8 Å². The van der Waals surface area contributed by atoms with Crippen molar-refractivity contribution < 1.29 is 9.59 Å². The number of amides is 2. The van der Waals surface area contributed by atoms with Crippen LogP contribution in [0.5, 0.6) is 0 Å². The van der Waals surface area contributed by atoms with Gasteiger partial charge >= 0.3 is 0 Å². The molecule has 8 nitrogen and oxygen atoms in total. The molecule has 0 bridgehead atoms. The number of anilines is 2. The SMILES string of the molecule is CCN(CC)CCn1ccc(-c2ccc3c(c2)C(=CNc2ccc(N4CCN(C)CC4)cc2)C(=O)NC3=O)c1. The molecule has 2 aromatic carbocycles. The Morgan fingerprint density at radius 3 is 2.36 bits per heavy atom. The fourth-order valence-corrected chi connectivity index (χ4v) is 5.18. The van der Waals surface area contributed by atoms with Crippen molar-refractivity contribution in [3.8, 4) is 11.1 Å². The Bertz CT molecular complexity index is 1350. The van der Waals surface area contributed by atoms with Crippen LogP contribution in [0, 0.1) is 0 Å². The van der Waals surface area contributed by atoms with E-state index >= 15 is 0 Å². The molecule has 0 radical (unpaired) electrons. The van der Waals surface area contributed by atoms with E-state index in [1.54, 1.807) is 12.3 Å².